The fraction of sp³-hybridized carbons (Fsp3) is 0.185. The molecule has 3 heterocycles. The number of fused-ring (bicyclic) bond motifs is 1. The highest BCUT2D eigenvalue weighted by Crippen LogP contribution is 2.29. The van der Waals surface area contributed by atoms with Crippen LogP contribution in [0.1, 0.15) is 26.5 Å². The summed E-state index contributed by atoms with van der Waals surface area (Å²) in [6, 6.07) is 19.8. The summed E-state index contributed by atoms with van der Waals surface area (Å²) < 4.78 is 9.20. The van der Waals surface area contributed by atoms with Crippen molar-refractivity contribution < 1.29 is 9.53 Å². The van der Waals surface area contributed by atoms with Gasteiger partial charge in [0.2, 0.25) is 0 Å². The molecule has 2 aromatic carbocycles. The van der Waals surface area contributed by atoms with Crippen molar-refractivity contribution in [1.29, 1.82) is 0 Å². The fourth-order valence-corrected chi connectivity index (χ4v) is 3.87. The molecule has 10 heteroatoms. The van der Waals surface area contributed by atoms with Gasteiger partial charge >= 0.3 is 11.7 Å². The summed E-state index contributed by atoms with van der Waals surface area (Å²) >= 11 is 0. The van der Waals surface area contributed by atoms with Crippen molar-refractivity contribution in [3.63, 3.8) is 0 Å². The molecule has 5 aromatic rings. The van der Waals surface area contributed by atoms with Crippen LogP contribution in [0, 0.1) is 0 Å². The molecule has 3 N–H and O–H groups in total. The van der Waals surface area contributed by atoms with Crippen LogP contribution < -0.4 is 21.1 Å². The van der Waals surface area contributed by atoms with E-state index < -0.39 is 6.03 Å². The lowest BCUT2D eigenvalue weighted by molar-refractivity contribution is 0.262. The number of hydrogen-bond acceptors (Lipinski definition) is 5. The van der Waals surface area contributed by atoms with E-state index in [0.29, 0.717) is 34.2 Å². The first-order chi connectivity index (χ1) is 17.7. The lowest BCUT2D eigenvalue weighted by Crippen LogP contribution is -2.21. The van der Waals surface area contributed by atoms with Crippen LogP contribution >= 0.6 is 0 Å². The van der Waals surface area contributed by atoms with Crippen LogP contribution in [0.25, 0.3) is 16.9 Å². The number of anilines is 2. The number of nitrogens with one attached hydrogen (secondary N) is 3. The maximum absolute atomic E-state index is 13.0. The van der Waals surface area contributed by atoms with E-state index in [-0.39, 0.29) is 11.1 Å². The second kappa shape index (κ2) is 9.30. The highest BCUT2D eigenvalue weighted by Gasteiger charge is 2.21. The minimum absolute atomic E-state index is 0.195. The number of para-hydroxylation sites is 1. The molecule has 37 heavy (non-hydrogen) atoms. The summed E-state index contributed by atoms with van der Waals surface area (Å²) in [7, 11) is 1.64. The molecule has 0 unspecified atom stereocenters. The van der Waals surface area contributed by atoms with E-state index in [2.05, 4.69) is 41.4 Å². The zero-order valence-corrected chi connectivity index (χ0v) is 20.9. The third-order valence-corrected chi connectivity index (χ3v) is 5.79. The molecule has 5 rings (SSSR count). The number of carbonyl (C=O) groups is 1. The molecule has 0 atom stereocenters. The number of pyridine rings is 1. The van der Waals surface area contributed by atoms with Crippen LogP contribution in [0.15, 0.2) is 77.7 Å². The van der Waals surface area contributed by atoms with Gasteiger partial charge in [0.05, 0.1) is 11.4 Å². The summed E-state index contributed by atoms with van der Waals surface area (Å²) in [4.78, 5) is 31.8. The van der Waals surface area contributed by atoms with Gasteiger partial charge < -0.3 is 10.1 Å². The van der Waals surface area contributed by atoms with Gasteiger partial charge in [-0.2, -0.15) is 5.10 Å². The minimum atomic E-state index is -0.422. The number of benzene rings is 2. The molecule has 10 nitrogen and oxygen atoms in total. The number of imidazole rings is 1. The first-order valence-corrected chi connectivity index (χ1v) is 11.7. The Morgan fingerprint density at radius 1 is 1.00 bits per heavy atom. The predicted molar refractivity (Wildman–Crippen MR) is 143 cm³/mol. The van der Waals surface area contributed by atoms with Gasteiger partial charge in [0.15, 0.2) is 11.4 Å². The first kappa shape index (κ1) is 23.9. The molecule has 0 aliphatic heterocycles. The van der Waals surface area contributed by atoms with Gasteiger partial charge in [0.25, 0.3) is 0 Å². The van der Waals surface area contributed by atoms with Gasteiger partial charge in [-0.3, -0.25) is 14.9 Å². The monoisotopic (exact) mass is 497 g/mol. The van der Waals surface area contributed by atoms with Crippen molar-refractivity contribution in [3.8, 4) is 17.2 Å². The van der Waals surface area contributed by atoms with Crippen molar-refractivity contribution >= 4 is 28.7 Å². The normalized spacial score (nSPS) is 11.5. The van der Waals surface area contributed by atoms with Crippen LogP contribution in [-0.2, 0) is 12.5 Å². The highest BCUT2D eigenvalue weighted by atomic mass is 16.5. The van der Waals surface area contributed by atoms with E-state index in [4.69, 9.17) is 9.84 Å². The number of H-pyrrole nitrogens is 1. The Labute approximate surface area is 212 Å². The van der Waals surface area contributed by atoms with Gasteiger partial charge in [-0.25, -0.2) is 19.3 Å². The minimum Gasteiger partial charge on any atom is -0.455 e. The Bertz CT molecular complexity index is 1640. The third-order valence-electron chi connectivity index (χ3n) is 5.79. The second-order valence-corrected chi connectivity index (χ2v) is 9.62. The molecular formula is C27H27N7O3. The number of carbonyl (C=O) groups excluding carboxylic acids is 1. The van der Waals surface area contributed by atoms with Crippen LogP contribution in [-0.4, -0.2) is 30.3 Å². The molecule has 3 aromatic heterocycles. The van der Waals surface area contributed by atoms with Crippen molar-refractivity contribution in [2.24, 2.45) is 7.05 Å². The van der Waals surface area contributed by atoms with Crippen molar-refractivity contribution in [1.82, 2.24) is 24.3 Å². The average molecular weight is 498 g/mol. The Balaban J connectivity index is 1.36. The zero-order valence-electron chi connectivity index (χ0n) is 20.9. The number of urea groups is 1. The maximum atomic E-state index is 13.0. The molecule has 0 radical (unpaired) electrons. The number of aromatic nitrogens is 5. The van der Waals surface area contributed by atoms with Gasteiger partial charge in [-0.15, -0.1) is 0 Å². The highest BCUT2D eigenvalue weighted by molar-refractivity contribution is 5.99. The predicted octanol–water partition coefficient (Wildman–Crippen LogP) is 5.18. The summed E-state index contributed by atoms with van der Waals surface area (Å²) in [5, 5.41) is 10.5. The topological polar surface area (TPSA) is 119 Å². The fourth-order valence-electron chi connectivity index (χ4n) is 3.87. The van der Waals surface area contributed by atoms with E-state index in [9.17, 15) is 9.59 Å². The van der Waals surface area contributed by atoms with Gasteiger partial charge in [-0.05, 0) is 24.3 Å². The largest absolute Gasteiger partial charge is 0.455 e. The van der Waals surface area contributed by atoms with Crippen LogP contribution in [0.4, 0.5) is 16.3 Å². The summed E-state index contributed by atoms with van der Waals surface area (Å²) in [5.74, 6) is 1.51. The summed E-state index contributed by atoms with van der Waals surface area (Å²) in [6.07, 6.45) is 1.56. The van der Waals surface area contributed by atoms with Crippen LogP contribution in [0.3, 0.4) is 0 Å². The molecule has 0 aliphatic rings. The van der Waals surface area contributed by atoms with Gasteiger partial charge in [-0.1, -0.05) is 45.0 Å². The number of amides is 2. The van der Waals surface area contributed by atoms with E-state index in [1.807, 2.05) is 36.4 Å². The lowest BCUT2D eigenvalue weighted by atomic mass is 9.92. The first-order valence-electron chi connectivity index (χ1n) is 11.7. The molecule has 0 spiro atoms. The smallest absolute Gasteiger partial charge is 0.327 e. The van der Waals surface area contributed by atoms with Gasteiger partial charge in [0, 0.05) is 42.5 Å². The van der Waals surface area contributed by atoms with Gasteiger partial charge in [0.1, 0.15) is 17.1 Å². The molecule has 2 amide bonds. The number of ether oxygens (including phenoxy) is 1. The second-order valence-electron chi connectivity index (χ2n) is 9.62. The Hall–Kier alpha value is -4.86. The van der Waals surface area contributed by atoms with E-state index >= 15 is 0 Å². The molecule has 0 bridgehead atoms. The van der Waals surface area contributed by atoms with Crippen molar-refractivity contribution in [3.05, 3.63) is 89.1 Å². The summed E-state index contributed by atoms with van der Waals surface area (Å²) in [6.45, 7) is 6.21. The summed E-state index contributed by atoms with van der Waals surface area (Å²) in [5.41, 5.74) is 2.73. The number of hydrogen-bond donors (Lipinski definition) is 3. The number of rotatable bonds is 5. The number of nitrogens with zero attached hydrogens (tertiary/aromatic N) is 4. The molecule has 0 saturated carbocycles. The quantitative estimate of drug-likeness (QED) is 0.309. The molecular weight excluding hydrogens is 470 g/mol. The lowest BCUT2D eigenvalue weighted by Gasteiger charge is -2.14. The van der Waals surface area contributed by atoms with E-state index in [1.54, 1.807) is 48.3 Å². The Morgan fingerprint density at radius 3 is 2.54 bits per heavy atom. The van der Waals surface area contributed by atoms with Crippen molar-refractivity contribution in [2.45, 2.75) is 26.2 Å². The number of aromatic amines is 1. The molecule has 0 aliphatic carbocycles. The molecule has 0 saturated heterocycles. The SMILES string of the molecule is Cn1c(=O)[nH]c2nccc(Oc3cccc(NC(=O)Nc4cc(C(C)(C)C)nn4-c4ccccc4)c3)c21. The van der Waals surface area contributed by atoms with Crippen LogP contribution in [0.2, 0.25) is 0 Å². The van der Waals surface area contributed by atoms with Crippen LogP contribution in [0.5, 0.6) is 11.5 Å². The molecule has 188 valence electrons. The third kappa shape index (κ3) is 4.94. The average Bonchev–Trinajstić information content (AvgIpc) is 3.41. The van der Waals surface area contributed by atoms with E-state index in [1.165, 1.54) is 4.57 Å². The zero-order chi connectivity index (χ0) is 26.2. The standard InChI is InChI=1S/C27H27N7O3/c1-27(2,3)21-16-22(34(32-21)18-10-6-5-7-11-18)30-25(35)29-17-9-8-12-19(15-17)37-20-13-14-28-24-23(20)33(4)26(36)31-24/h5-16H,1-4H3,(H,28,31,36)(H2,29,30,35). The maximum Gasteiger partial charge on any atom is 0.327 e. The number of aryl methyl sites for hydroxylation is 1. The van der Waals surface area contributed by atoms with E-state index in [0.717, 1.165) is 11.4 Å². The Kier molecular flexibility index (Phi) is 6.00. The Morgan fingerprint density at radius 2 is 1.78 bits per heavy atom. The molecule has 0 fully saturated rings. The van der Waals surface area contributed by atoms with Crippen molar-refractivity contribution in [2.75, 3.05) is 10.6 Å².